The maximum Gasteiger partial charge on any atom is 0.433 e. The Labute approximate surface area is 125 Å². The van der Waals surface area contributed by atoms with E-state index in [1.54, 1.807) is 20.3 Å². The molecular weight excluding hydrogens is 297 g/mol. The number of aryl methyl sites for hydroxylation is 1. The molecule has 0 bridgehead atoms. The van der Waals surface area contributed by atoms with Crippen LogP contribution in [0.15, 0.2) is 18.3 Å². The third kappa shape index (κ3) is 4.34. The third-order valence-corrected chi connectivity index (χ3v) is 2.93. The van der Waals surface area contributed by atoms with Gasteiger partial charge in [0.1, 0.15) is 5.82 Å². The van der Waals surface area contributed by atoms with Crippen molar-refractivity contribution in [2.75, 3.05) is 30.9 Å². The minimum atomic E-state index is -4.50. The lowest BCUT2D eigenvalue weighted by atomic mass is 10.2. The van der Waals surface area contributed by atoms with Crippen LogP contribution < -0.4 is 10.2 Å². The van der Waals surface area contributed by atoms with Gasteiger partial charge in [-0.3, -0.25) is 5.10 Å². The number of anilines is 2. The fourth-order valence-corrected chi connectivity index (χ4v) is 1.79. The van der Waals surface area contributed by atoms with E-state index in [1.807, 2.05) is 6.07 Å². The molecule has 0 saturated carbocycles. The number of rotatable bonds is 6. The molecule has 0 aliphatic rings. The van der Waals surface area contributed by atoms with Crippen LogP contribution in [0.1, 0.15) is 17.8 Å². The highest BCUT2D eigenvalue weighted by Gasteiger charge is 2.33. The van der Waals surface area contributed by atoms with E-state index in [0.717, 1.165) is 24.6 Å². The number of nitrogens with one attached hydrogen (secondary N) is 2. The SMILES string of the molecule is CN(C)c1cc(C(F)(F)F)nc(NCCCc2ccn[nH]2)n1. The molecule has 9 heteroatoms. The summed E-state index contributed by atoms with van der Waals surface area (Å²) < 4.78 is 38.5. The van der Waals surface area contributed by atoms with E-state index in [-0.39, 0.29) is 11.8 Å². The lowest BCUT2D eigenvalue weighted by Crippen LogP contribution is -2.18. The van der Waals surface area contributed by atoms with E-state index in [4.69, 9.17) is 0 Å². The van der Waals surface area contributed by atoms with Crippen LogP contribution in [0.5, 0.6) is 0 Å². The number of hydrogen-bond acceptors (Lipinski definition) is 5. The number of H-pyrrole nitrogens is 1. The molecule has 2 heterocycles. The molecule has 2 aromatic heterocycles. The van der Waals surface area contributed by atoms with Crippen LogP contribution in [0, 0.1) is 0 Å². The van der Waals surface area contributed by atoms with Crippen molar-refractivity contribution in [2.45, 2.75) is 19.0 Å². The lowest BCUT2D eigenvalue weighted by molar-refractivity contribution is -0.141. The summed E-state index contributed by atoms with van der Waals surface area (Å²) in [7, 11) is 3.26. The molecule has 0 saturated heterocycles. The van der Waals surface area contributed by atoms with Crippen LogP contribution in [0.4, 0.5) is 24.9 Å². The molecular formula is C13H17F3N6. The predicted octanol–water partition coefficient (Wildman–Crippen LogP) is 2.33. The van der Waals surface area contributed by atoms with Gasteiger partial charge < -0.3 is 10.2 Å². The van der Waals surface area contributed by atoms with Crippen molar-refractivity contribution in [3.63, 3.8) is 0 Å². The minimum Gasteiger partial charge on any atom is -0.363 e. The summed E-state index contributed by atoms with van der Waals surface area (Å²) in [6.45, 7) is 0.465. The maximum atomic E-state index is 12.8. The third-order valence-electron chi connectivity index (χ3n) is 2.93. The fraction of sp³-hybridized carbons (Fsp3) is 0.462. The highest BCUT2D eigenvalue weighted by Crippen LogP contribution is 2.30. The average molecular weight is 314 g/mol. The summed E-state index contributed by atoms with van der Waals surface area (Å²) in [5.41, 5.74) is 0.0167. The maximum absolute atomic E-state index is 12.8. The van der Waals surface area contributed by atoms with Crippen molar-refractivity contribution in [3.05, 3.63) is 29.7 Å². The smallest absolute Gasteiger partial charge is 0.363 e. The standard InChI is InChI=1S/C13H17F3N6/c1-22(2)11-8-10(13(14,15)16)19-12(20-11)17-6-3-4-9-5-7-18-21-9/h5,7-8H,3-4,6H2,1-2H3,(H,18,21)(H,17,19,20). The first-order valence-electron chi connectivity index (χ1n) is 6.72. The monoisotopic (exact) mass is 314 g/mol. The van der Waals surface area contributed by atoms with Gasteiger partial charge in [-0.25, -0.2) is 4.98 Å². The second-order valence-electron chi connectivity index (χ2n) is 4.94. The van der Waals surface area contributed by atoms with Crippen molar-refractivity contribution in [1.82, 2.24) is 20.2 Å². The van der Waals surface area contributed by atoms with Crippen molar-refractivity contribution < 1.29 is 13.2 Å². The second kappa shape index (κ2) is 6.63. The number of aromatic amines is 1. The topological polar surface area (TPSA) is 69.7 Å². The Morgan fingerprint density at radius 3 is 2.64 bits per heavy atom. The van der Waals surface area contributed by atoms with Gasteiger partial charge in [0.15, 0.2) is 5.69 Å². The van der Waals surface area contributed by atoms with Gasteiger partial charge in [-0.2, -0.15) is 23.3 Å². The largest absolute Gasteiger partial charge is 0.433 e. The van der Waals surface area contributed by atoms with Gasteiger partial charge in [-0.15, -0.1) is 0 Å². The Bertz CT molecular complexity index is 594. The molecule has 0 amide bonds. The van der Waals surface area contributed by atoms with Crippen molar-refractivity contribution >= 4 is 11.8 Å². The van der Waals surface area contributed by atoms with E-state index < -0.39 is 11.9 Å². The Balaban J connectivity index is 2.01. The normalized spacial score (nSPS) is 11.5. The van der Waals surface area contributed by atoms with Crippen LogP contribution in [0.25, 0.3) is 0 Å². The van der Waals surface area contributed by atoms with Crippen molar-refractivity contribution in [1.29, 1.82) is 0 Å². The number of aromatic nitrogens is 4. The molecule has 2 rings (SSSR count). The zero-order valence-electron chi connectivity index (χ0n) is 12.3. The number of nitrogens with zero attached hydrogens (tertiary/aromatic N) is 4. The lowest BCUT2D eigenvalue weighted by Gasteiger charge is -2.15. The number of hydrogen-bond donors (Lipinski definition) is 2. The van der Waals surface area contributed by atoms with Crippen LogP contribution in [0.3, 0.4) is 0 Å². The van der Waals surface area contributed by atoms with Crippen LogP contribution in [-0.4, -0.2) is 40.8 Å². The zero-order valence-corrected chi connectivity index (χ0v) is 12.3. The zero-order chi connectivity index (χ0) is 16.2. The molecule has 0 radical (unpaired) electrons. The average Bonchev–Trinajstić information content (AvgIpc) is 2.95. The molecule has 0 aromatic carbocycles. The molecule has 2 N–H and O–H groups in total. The summed E-state index contributed by atoms with van der Waals surface area (Å²) in [4.78, 5) is 9.10. The first-order chi connectivity index (χ1) is 10.4. The first-order valence-corrected chi connectivity index (χ1v) is 6.72. The van der Waals surface area contributed by atoms with E-state index in [2.05, 4.69) is 25.5 Å². The van der Waals surface area contributed by atoms with Gasteiger partial charge in [0.25, 0.3) is 0 Å². The number of alkyl halides is 3. The summed E-state index contributed by atoms with van der Waals surface area (Å²) in [5, 5.41) is 9.48. The Morgan fingerprint density at radius 1 is 1.27 bits per heavy atom. The second-order valence-corrected chi connectivity index (χ2v) is 4.94. The van der Waals surface area contributed by atoms with Crippen molar-refractivity contribution in [2.24, 2.45) is 0 Å². The molecule has 0 atom stereocenters. The Kier molecular flexibility index (Phi) is 4.84. The van der Waals surface area contributed by atoms with E-state index in [1.165, 1.54) is 4.90 Å². The predicted molar refractivity (Wildman–Crippen MR) is 76.8 cm³/mol. The van der Waals surface area contributed by atoms with Crippen LogP contribution in [0.2, 0.25) is 0 Å². The summed E-state index contributed by atoms with van der Waals surface area (Å²) in [6.07, 6.45) is -1.38. The van der Waals surface area contributed by atoms with Gasteiger partial charge >= 0.3 is 6.18 Å². The summed E-state index contributed by atoms with van der Waals surface area (Å²) >= 11 is 0. The van der Waals surface area contributed by atoms with Gasteiger partial charge in [-0.1, -0.05) is 0 Å². The Morgan fingerprint density at radius 2 is 2.05 bits per heavy atom. The molecule has 22 heavy (non-hydrogen) atoms. The van der Waals surface area contributed by atoms with Gasteiger partial charge in [0, 0.05) is 38.6 Å². The summed E-state index contributed by atoms with van der Waals surface area (Å²) in [6, 6.07) is 2.78. The molecule has 0 spiro atoms. The van der Waals surface area contributed by atoms with Gasteiger partial charge in [0.05, 0.1) is 0 Å². The van der Waals surface area contributed by atoms with E-state index in [0.29, 0.717) is 6.54 Å². The van der Waals surface area contributed by atoms with Crippen LogP contribution >= 0.6 is 0 Å². The quantitative estimate of drug-likeness (QED) is 0.801. The molecule has 6 nitrogen and oxygen atoms in total. The number of halogens is 3. The molecule has 0 fully saturated rings. The minimum absolute atomic E-state index is 0.0249. The van der Waals surface area contributed by atoms with Gasteiger partial charge in [0.2, 0.25) is 5.95 Å². The Hall–Kier alpha value is -2.32. The molecule has 0 aliphatic carbocycles. The summed E-state index contributed by atoms with van der Waals surface area (Å²) in [5.74, 6) is 0.182. The molecule has 0 unspecified atom stereocenters. The molecule has 2 aromatic rings. The van der Waals surface area contributed by atoms with E-state index >= 15 is 0 Å². The first kappa shape index (κ1) is 16.1. The van der Waals surface area contributed by atoms with E-state index in [9.17, 15) is 13.2 Å². The van der Waals surface area contributed by atoms with Crippen LogP contribution in [-0.2, 0) is 12.6 Å². The molecule has 120 valence electrons. The molecule has 0 aliphatic heterocycles. The van der Waals surface area contributed by atoms with Gasteiger partial charge in [-0.05, 0) is 18.9 Å². The highest BCUT2D eigenvalue weighted by molar-refractivity contribution is 5.44. The fourth-order valence-electron chi connectivity index (χ4n) is 1.79. The van der Waals surface area contributed by atoms with Crippen molar-refractivity contribution in [3.8, 4) is 0 Å². The highest BCUT2D eigenvalue weighted by atomic mass is 19.4.